The maximum absolute atomic E-state index is 5.09. The first-order chi connectivity index (χ1) is 2.41. The highest BCUT2D eigenvalue weighted by atomic mass is 35.5. The van der Waals surface area contributed by atoms with Gasteiger partial charge in [0.05, 0.1) is 0 Å². The molecule has 3 heteroatoms. The summed E-state index contributed by atoms with van der Waals surface area (Å²) in [6, 6.07) is 0. The van der Waals surface area contributed by atoms with Gasteiger partial charge in [-0.1, -0.05) is 7.43 Å². The predicted octanol–water partition coefficient (Wildman–Crippen LogP) is 1.32. The first-order valence-electron chi connectivity index (χ1n) is 1.72. The third-order valence-corrected chi connectivity index (χ3v) is 0.678. The highest BCUT2D eigenvalue weighted by Gasteiger charge is 1.68. The van der Waals surface area contributed by atoms with Crippen LogP contribution < -0.4 is 5.73 Å². The highest BCUT2D eigenvalue weighted by Crippen LogP contribution is 1.74. The van der Waals surface area contributed by atoms with Crippen LogP contribution in [0.5, 0.6) is 0 Å². The Hall–Kier alpha value is 0.600. The molecule has 7 heavy (non-hydrogen) atoms. The van der Waals surface area contributed by atoms with Crippen molar-refractivity contribution < 1.29 is 0 Å². The minimum atomic E-state index is 0. The molecule has 0 fully saturated rings. The molecule has 0 aliphatic heterocycles. The normalized spacial score (nSPS) is 6.00. The molecule has 0 radical (unpaired) electrons. The zero-order chi connectivity index (χ0) is 4.12. The average molecular weight is 144 g/mol. The van der Waals surface area contributed by atoms with Gasteiger partial charge in [0.1, 0.15) is 0 Å². The molecule has 2 N–H and O–H groups in total. The first-order valence-corrected chi connectivity index (χ1v) is 2.36. The van der Waals surface area contributed by atoms with Crippen molar-refractivity contribution in [3.63, 3.8) is 0 Å². The zero-order valence-electron chi connectivity index (χ0n) is 3.55. The van der Waals surface area contributed by atoms with Crippen molar-refractivity contribution in [2.75, 3.05) is 12.3 Å². The van der Waals surface area contributed by atoms with Crippen molar-refractivity contribution in [1.82, 2.24) is 0 Å². The molecule has 0 aliphatic rings. The Balaban J connectivity index is -0.0000000800. The molecule has 0 aromatic carbocycles. The smallest absolute Gasteiger partial charge is 0.00695 e. The SMILES string of the molecule is C.Cl.NCCCS. The van der Waals surface area contributed by atoms with E-state index < -0.39 is 0 Å². The highest BCUT2D eigenvalue weighted by molar-refractivity contribution is 7.80. The monoisotopic (exact) mass is 143 g/mol. The van der Waals surface area contributed by atoms with Crippen LogP contribution >= 0.6 is 25.0 Å². The van der Waals surface area contributed by atoms with E-state index in [-0.39, 0.29) is 19.8 Å². The van der Waals surface area contributed by atoms with Crippen LogP contribution in [-0.2, 0) is 0 Å². The lowest BCUT2D eigenvalue weighted by Crippen LogP contribution is -1.97. The summed E-state index contributed by atoms with van der Waals surface area (Å²) >= 11 is 3.92. The van der Waals surface area contributed by atoms with E-state index in [1.54, 1.807) is 0 Å². The van der Waals surface area contributed by atoms with Crippen LogP contribution in [0, 0.1) is 0 Å². The van der Waals surface area contributed by atoms with Crippen LogP contribution in [0.25, 0.3) is 0 Å². The van der Waals surface area contributed by atoms with Gasteiger partial charge < -0.3 is 5.73 Å². The van der Waals surface area contributed by atoms with Crippen molar-refractivity contribution in [2.24, 2.45) is 5.73 Å². The molecule has 0 rings (SSSR count). The van der Waals surface area contributed by atoms with Crippen LogP contribution in [0.4, 0.5) is 0 Å². The van der Waals surface area contributed by atoms with Crippen molar-refractivity contribution in [1.29, 1.82) is 0 Å². The van der Waals surface area contributed by atoms with Crippen LogP contribution in [0.2, 0.25) is 0 Å². The maximum Gasteiger partial charge on any atom is -0.00695 e. The van der Waals surface area contributed by atoms with Crippen LogP contribution in [0.15, 0.2) is 0 Å². The van der Waals surface area contributed by atoms with Gasteiger partial charge in [-0.3, -0.25) is 0 Å². The molecule has 0 aliphatic carbocycles. The van der Waals surface area contributed by atoms with E-state index in [9.17, 15) is 0 Å². The number of hydrogen-bond donors (Lipinski definition) is 2. The van der Waals surface area contributed by atoms with Gasteiger partial charge in [0.25, 0.3) is 0 Å². The number of thiol groups is 1. The molecule has 0 spiro atoms. The topological polar surface area (TPSA) is 26.0 Å². The fourth-order valence-corrected chi connectivity index (χ4v) is 0.274. The molecular weight excluding hydrogens is 130 g/mol. The van der Waals surface area contributed by atoms with Crippen LogP contribution in [0.3, 0.4) is 0 Å². The zero-order valence-corrected chi connectivity index (χ0v) is 5.27. The Morgan fingerprint density at radius 2 is 1.86 bits per heavy atom. The summed E-state index contributed by atoms with van der Waals surface area (Å²) in [5, 5.41) is 0. The summed E-state index contributed by atoms with van der Waals surface area (Å²) in [5.41, 5.74) is 5.09. The Labute approximate surface area is 57.5 Å². The van der Waals surface area contributed by atoms with E-state index >= 15 is 0 Å². The number of hydrogen-bond acceptors (Lipinski definition) is 2. The Kier molecular flexibility index (Phi) is 35.7. The van der Waals surface area contributed by atoms with Crippen molar-refractivity contribution in [3.05, 3.63) is 0 Å². The van der Waals surface area contributed by atoms with Crippen molar-refractivity contribution >= 4 is 25.0 Å². The average Bonchev–Trinajstić information content (AvgIpc) is 1.41. The Morgan fingerprint density at radius 1 is 1.43 bits per heavy atom. The Bertz CT molecular complexity index is 19.2. The van der Waals surface area contributed by atoms with Gasteiger partial charge in [-0.2, -0.15) is 12.6 Å². The van der Waals surface area contributed by atoms with Gasteiger partial charge >= 0.3 is 0 Å². The maximum atomic E-state index is 5.09. The second kappa shape index (κ2) is 16.0. The van der Waals surface area contributed by atoms with Gasteiger partial charge in [0.2, 0.25) is 0 Å². The first kappa shape index (κ1) is 15.6. The van der Waals surface area contributed by atoms with Gasteiger partial charge in [0, 0.05) is 0 Å². The van der Waals surface area contributed by atoms with E-state index in [1.807, 2.05) is 0 Å². The number of rotatable bonds is 2. The molecule has 0 heterocycles. The summed E-state index contributed by atoms with van der Waals surface area (Å²) in [6.07, 6.45) is 1.03. The molecule has 0 aromatic rings. The second-order valence-electron chi connectivity index (χ2n) is 0.866. The quantitative estimate of drug-likeness (QED) is 0.561. The molecule has 0 amide bonds. The molecule has 0 bridgehead atoms. The molecule has 0 atom stereocenters. The lowest BCUT2D eigenvalue weighted by atomic mass is 10.5. The summed E-state index contributed by atoms with van der Waals surface area (Å²) in [6.45, 7) is 0.767. The fourth-order valence-electron chi connectivity index (χ4n) is 0.0913. The summed E-state index contributed by atoms with van der Waals surface area (Å²) in [4.78, 5) is 0. The molecule has 0 saturated heterocycles. The van der Waals surface area contributed by atoms with Gasteiger partial charge in [-0.05, 0) is 18.7 Å². The lowest BCUT2D eigenvalue weighted by Gasteiger charge is -1.79. The molecule has 0 aromatic heterocycles. The van der Waals surface area contributed by atoms with Crippen molar-refractivity contribution in [3.8, 4) is 0 Å². The van der Waals surface area contributed by atoms with E-state index in [2.05, 4.69) is 12.6 Å². The van der Waals surface area contributed by atoms with Gasteiger partial charge in [0.15, 0.2) is 0 Å². The third-order valence-electron chi connectivity index (χ3n) is 0.362. The summed E-state index contributed by atoms with van der Waals surface area (Å²) in [5.74, 6) is 0.913. The largest absolute Gasteiger partial charge is 0.330 e. The molecule has 0 unspecified atom stereocenters. The number of nitrogens with two attached hydrogens (primary N) is 1. The Morgan fingerprint density at radius 3 is 1.86 bits per heavy atom. The minimum Gasteiger partial charge on any atom is -0.330 e. The molecule has 1 nitrogen and oxygen atoms in total. The predicted molar refractivity (Wildman–Crippen MR) is 41.5 cm³/mol. The lowest BCUT2D eigenvalue weighted by molar-refractivity contribution is 0.946. The minimum absolute atomic E-state index is 0. The van der Waals surface area contributed by atoms with E-state index in [0.717, 1.165) is 18.7 Å². The van der Waals surface area contributed by atoms with Crippen LogP contribution in [-0.4, -0.2) is 12.3 Å². The van der Waals surface area contributed by atoms with Gasteiger partial charge in [-0.15, -0.1) is 12.4 Å². The van der Waals surface area contributed by atoms with Crippen molar-refractivity contribution in [2.45, 2.75) is 13.8 Å². The van der Waals surface area contributed by atoms with E-state index in [4.69, 9.17) is 5.73 Å². The summed E-state index contributed by atoms with van der Waals surface area (Å²) in [7, 11) is 0. The third kappa shape index (κ3) is 20.7. The van der Waals surface area contributed by atoms with Gasteiger partial charge in [-0.25, -0.2) is 0 Å². The van der Waals surface area contributed by atoms with E-state index in [0.29, 0.717) is 0 Å². The number of halogens is 1. The molecule has 48 valence electrons. The fraction of sp³-hybridized carbons (Fsp3) is 1.00. The van der Waals surface area contributed by atoms with Crippen LogP contribution in [0.1, 0.15) is 13.8 Å². The standard InChI is InChI=1S/C3H9NS.CH4.ClH/c4-2-1-3-5;;/h5H,1-4H2;1H4;1H. The molecular formula is C4H14ClNS. The van der Waals surface area contributed by atoms with E-state index in [1.165, 1.54) is 0 Å². The second-order valence-corrected chi connectivity index (χ2v) is 1.31. The molecule has 0 saturated carbocycles. The summed E-state index contributed by atoms with van der Waals surface area (Å²) < 4.78 is 0.